The van der Waals surface area contributed by atoms with Gasteiger partial charge in [0.15, 0.2) is 0 Å². The van der Waals surface area contributed by atoms with E-state index in [0.717, 1.165) is 19.3 Å². The summed E-state index contributed by atoms with van der Waals surface area (Å²) in [7, 11) is 0. The predicted octanol–water partition coefficient (Wildman–Crippen LogP) is 1.49. The van der Waals surface area contributed by atoms with E-state index in [-0.39, 0.29) is 0 Å². The normalized spacial score (nSPS) is 38.2. The van der Waals surface area contributed by atoms with Crippen LogP contribution in [-0.2, 0) is 0 Å². The largest absolute Gasteiger partial charge is 0.328 e. The van der Waals surface area contributed by atoms with Gasteiger partial charge in [-0.25, -0.2) is 0 Å². The third-order valence-electron chi connectivity index (χ3n) is 3.00. The van der Waals surface area contributed by atoms with Crippen molar-refractivity contribution in [3.8, 4) is 0 Å². The van der Waals surface area contributed by atoms with Crippen molar-refractivity contribution in [1.82, 2.24) is 0 Å². The lowest BCUT2D eigenvalue weighted by Gasteiger charge is -2.39. The number of hydrogen-bond donors (Lipinski definition) is 2. The van der Waals surface area contributed by atoms with Crippen molar-refractivity contribution < 1.29 is 0 Å². The maximum Gasteiger partial charge on any atom is 0.00564 e. The van der Waals surface area contributed by atoms with E-state index in [9.17, 15) is 0 Å². The molecule has 0 aliphatic heterocycles. The van der Waals surface area contributed by atoms with Crippen molar-refractivity contribution in [3.05, 3.63) is 0 Å². The topological polar surface area (TPSA) is 52.0 Å². The molecule has 0 aromatic carbocycles. The summed E-state index contributed by atoms with van der Waals surface area (Å²) in [5.74, 6) is 0.705. The molecule has 2 unspecified atom stereocenters. The molecular formula is C10H22N2. The van der Waals surface area contributed by atoms with E-state index in [1.165, 1.54) is 0 Å². The van der Waals surface area contributed by atoms with E-state index < -0.39 is 0 Å². The summed E-state index contributed by atoms with van der Waals surface area (Å²) in [5.41, 5.74) is 12.2. The first-order valence-electron chi connectivity index (χ1n) is 4.90. The fourth-order valence-electron chi connectivity index (χ4n) is 2.12. The minimum Gasteiger partial charge on any atom is -0.328 e. The summed E-state index contributed by atoms with van der Waals surface area (Å²) in [6, 6.07) is 0.663. The molecule has 2 nitrogen and oxygen atoms in total. The van der Waals surface area contributed by atoms with E-state index in [4.69, 9.17) is 11.5 Å². The summed E-state index contributed by atoms with van der Waals surface area (Å²) >= 11 is 0. The van der Waals surface area contributed by atoms with Gasteiger partial charge in [-0.2, -0.15) is 0 Å². The zero-order valence-electron chi connectivity index (χ0n) is 8.51. The van der Waals surface area contributed by atoms with E-state index in [0.29, 0.717) is 23.4 Å². The molecule has 1 aliphatic rings. The van der Waals surface area contributed by atoms with Crippen molar-refractivity contribution in [2.24, 2.45) is 22.8 Å². The molecule has 0 radical (unpaired) electrons. The Morgan fingerprint density at radius 3 is 1.67 bits per heavy atom. The molecular weight excluding hydrogens is 148 g/mol. The Balaban J connectivity index is 2.55. The monoisotopic (exact) mass is 170 g/mol. The van der Waals surface area contributed by atoms with Gasteiger partial charge in [0.25, 0.3) is 0 Å². The highest BCUT2D eigenvalue weighted by Crippen LogP contribution is 2.36. The van der Waals surface area contributed by atoms with Crippen LogP contribution in [0.3, 0.4) is 0 Å². The minimum absolute atomic E-state index is 0.331. The van der Waals surface area contributed by atoms with Gasteiger partial charge in [0.1, 0.15) is 0 Å². The lowest BCUT2D eigenvalue weighted by atomic mass is 9.70. The second-order valence-electron chi connectivity index (χ2n) is 5.29. The molecule has 4 N–H and O–H groups in total. The van der Waals surface area contributed by atoms with Crippen molar-refractivity contribution >= 4 is 0 Å². The van der Waals surface area contributed by atoms with Crippen LogP contribution >= 0.6 is 0 Å². The number of nitrogens with two attached hydrogens (primary N) is 2. The molecule has 1 fully saturated rings. The van der Waals surface area contributed by atoms with Gasteiger partial charge in [0.05, 0.1) is 0 Å². The number of hydrogen-bond acceptors (Lipinski definition) is 2. The predicted molar refractivity (Wildman–Crippen MR) is 52.7 cm³/mol. The zero-order valence-corrected chi connectivity index (χ0v) is 8.51. The molecule has 1 saturated carbocycles. The molecule has 12 heavy (non-hydrogen) atoms. The van der Waals surface area contributed by atoms with Crippen LogP contribution in [0.2, 0.25) is 0 Å². The van der Waals surface area contributed by atoms with E-state index in [1.807, 2.05) is 0 Å². The van der Waals surface area contributed by atoms with Crippen LogP contribution in [0.25, 0.3) is 0 Å². The van der Waals surface area contributed by atoms with Gasteiger partial charge in [0.2, 0.25) is 0 Å². The average Bonchev–Trinajstić information content (AvgIpc) is 1.82. The summed E-state index contributed by atoms with van der Waals surface area (Å²) < 4.78 is 0. The standard InChI is InChI=1S/C10H22N2/c1-10(2,3)7-4-8(11)6-9(12)5-7/h7-9H,4-6,11-12H2,1-3H3. The number of rotatable bonds is 0. The van der Waals surface area contributed by atoms with E-state index >= 15 is 0 Å². The van der Waals surface area contributed by atoms with Crippen LogP contribution in [0.4, 0.5) is 0 Å². The van der Waals surface area contributed by atoms with Crippen LogP contribution in [0.1, 0.15) is 40.0 Å². The summed E-state index contributed by atoms with van der Waals surface area (Å²) in [6.45, 7) is 6.84. The van der Waals surface area contributed by atoms with Crippen LogP contribution in [0.15, 0.2) is 0 Å². The van der Waals surface area contributed by atoms with Gasteiger partial charge in [0, 0.05) is 12.1 Å². The molecule has 1 rings (SSSR count). The molecule has 2 heteroatoms. The highest BCUT2D eigenvalue weighted by atomic mass is 14.7. The Bertz CT molecular complexity index is 138. The van der Waals surface area contributed by atoms with Crippen molar-refractivity contribution in [2.75, 3.05) is 0 Å². The third kappa shape index (κ3) is 2.46. The Hall–Kier alpha value is -0.0800. The molecule has 72 valence electrons. The van der Waals surface area contributed by atoms with Gasteiger partial charge in [-0.05, 0) is 30.6 Å². The minimum atomic E-state index is 0.331. The highest BCUT2D eigenvalue weighted by molar-refractivity contribution is 4.88. The van der Waals surface area contributed by atoms with Gasteiger partial charge in [-0.1, -0.05) is 20.8 Å². The van der Waals surface area contributed by atoms with Gasteiger partial charge in [-0.15, -0.1) is 0 Å². The quantitative estimate of drug-likeness (QED) is 0.578. The van der Waals surface area contributed by atoms with Crippen molar-refractivity contribution in [2.45, 2.75) is 52.1 Å². The SMILES string of the molecule is CC(C)(C)C1CC(N)CC(N)C1. The third-order valence-corrected chi connectivity index (χ3v) is 3.00. The van der Waals surface area contributed by atoms with Crippen molar-refractivity contribution in [1.29, 1.82) is 0 Å². The molecule has 1 aliphatic carbocycles. The zero-order chi connectivity index (χ0) is 9.35. The maximum atomic E-state index is 5.93. The maximum absolute atomic E-state index is 5.93. The second-order valence-corrected chi connectivity index (χ2v) is 5.29. The fourth-order valence-corrected chi connectivity index (χ4v) is 2.12. The van der Waals surface area contributed by atoms with Crippen LogP contribution in [0.5, 0.6) is 0 Å². The fraction of sp³-hybridized carbons (Fsp3) is 1.00. The molecule has 0 aromatic rings. The molecule has 0 spiro atoms. The highest BCUT2D eigenvalue weighted by Gasteiger charge is 2.32. The Morgan fingerprint density at radius 1 is 0.917 bits per heavy atom. The van der Waals surface area contributed by atoms with Gasteiger partial charge in [-0.3, -0.25) is 0 Å². The van der Waals surface area contributed by atoms with Crippen LogP contribution in [-0.4, -0.2) is 12.1 Å². The molecule has 0 saturated heterocycles. The Morgan fingerprint density at radius 2 is 1.33 bits per heavy atom. The summed E-state index contributed by atoms with van der Waals surface area (Å²) in [5, 5.41) is 0. The average molecular weight is 170 g/mol. The molecule has 0 heterocycles. The molecule has 0 amide bonds. The van der Waals surface area contributed by atoms with Crippen LogP contribution < -0.4 is 11.5 Å². The van der Waals surface area contributed by atoms with Crippen molar-refractivity contribution in [3.63, 3.8) is 0 Å². The van der Waals surface area contributed by atoms with E-state index in [1.54, 1.807) is 0 Å². The smallest absolute Gasteiger partial charge is 0.00564 e. The lowest BCUT2D eigenvalue weighted by molar-refractivity contribution is 0.153. The first kappa shape index (κ1) is 10.0. The van der Waals surface area contributed by atoms with E-state index in [2.05, 4.69) is 20.8 Å². The van der Waals surface area contributed by atoms with Gasteiger partial charge >= 0.3 is 0 Å². The molecule has 2 atom stereocenters. The summed E-state index contributed by atoms with van der Waals surface area (Å²) in [6.07, 6.45) is 3.31. The Kier molecular flexibility index (Phi) is 2.79. The van der Waals surface area contributed by atoms with Crippen LogP contribution in [0, 0.1) is 11.3 Å². The Labute approximate surface area is 75.7 Å². The second kappa shape index (κ2) is 3.35. The molecule has 0 aromatic heterocycles. The lowest BCUT2D eigenvalue weighted by Crippen LogP contribution is -2.43. The summed E-state index contributed by atoms with van der Waals surface area (Å²) in [4.78, 5) is 0. The first-order chi connectivity index (χ1) is 5.39. The molecule has 0 bridgehead atoms. The first-order valence-corrected chi connectivity index (χ1v) is 4.90. The van der Waals surface area contributed by atoms with Gasteiger partial charge < -0.3 is 11.5 Å².